The van der Waals surface area contributed by atoms with Gasteiger partial charge >= 0.3 is 0 Å². The molecule has 0 saturated heterocycles. The van der Waals surface area contributed by atoms with Crippen LogP contribution in [0, 0.1) is 24.1 Å². The Hall–Kier alpha value is -4.75. The molecule has 2 heterocycles. The van der Waals surface area contributed by atoms with Crippen molar-refractivity contribution in [3.63, 3.8) is 0 Å². The number of aromatic nitrogens is 1. The lowest BCUT2D eigenvalue weighted by Crippen LogP contribution is -2.31. The van der Waals surface area contributed by atoms with Crippen LogP contribution >= 0.6 is 0 Å². The van der Waals surface area contributed by atoms with E-state index in [4.69, 9.17) is 4.42 Å². The van der Waals surface area contributed by atoms with Gasteiger partial charge in [-0.3, -0.25) is 0 Å². The second-order valence-corrected chi connectivity index (χ2v) is 9.00. The van der Waals surface area contributed by atoms with Crippen molar-refractivity contribution in [1.82, 2.24) is 0 Å². The van der Waals surface area contributed by atoms with E-state index in [1.54, 1.807) is 10.6 Å². The molecule has 0 unspecified atom stereocenters. The molecule has 2 aromatic heterocycles. The molecule has 0 N–H and O–H groups in total. The normalized spacial score (nSPS) is 11.2. The zero-order valence-electron chi connectivity index (χ0n) is 19.9. The van der Waals surface area contributed by atoms with E-state index in [0.717, 1.165) is 49.8 Å². The lowest BCUT2D eigenvalue weighted by molar-refractivity contribution is -0.661. The van der Waals surface area contributed by atoms with Crippen molar-refractivity contribution in [2.45, 2.75) is 6.92 Å². The molecule has 0 amide bonds. The van der Waals surface area contributed by atoms with E-state index in [2.05, 4.69) is 36.4 Å². The van der Waals surface area contributed by atoms with Crippen LogP contribution in [0.15, 0.2) is 102 Å². The molecule has 0 fully saturated rings. The number of rotatable bonds is 3. The lowest BCUT2D eigenvalue weighted by Gasteiger charge is -2.07. The maximum atomic E-state index is 13.9. The Labute approximate surface area is 208 Å². The molecule has 0 atom stereocenters. The number of furan rings is 1. The van der Waals surface area contributed by atoms with Crippen LogP contribution in [-0.4, -0.2) is 0 Å². The molecular weight excluding hydrogens is 447 g/mol. The summed E-state index contributed by atoms with van der Waals surface area (Å²) in [6.07, 6.45) is 1.46. The van der Waals surface area contributed by atoms with Crippen LogP contribution in [-0.2, 0) is 7.05 Å². The van der Waals surface area contributed by atoms with Gasteiger partial charge in [-0.05, 0) is 53.4 Å². The molecule has 3 nitrogen and oxygen atoms in total. The van der Waals surface area contributed by atoms with E-state index in [9.17, 15) is 9.65 Å². The molecule has 6 aromatic rings. The number of nitrogens with zero attached hydrogens (tertiary/aromatic N) is 2. The minimum absolute atomic E-state index is 0.303. The summed E-state index contributed by atoms with van der Waals surface area (Å²) in [6, 6.07) is 32.0. The summed E-state index contributed by atoms with van der Waals surface area (Å²) in [7, 11) is 1.82. The number of aryl methyl sites for hydroxylation is 2. The van der Waals surface area contributed by atoms with E-state index < -0.39 is 0 Å². The van der Waals surface area contributed by atoms with Crippen molar-refractivity contribution in [1.29, 1.82) is 5.26 Å². The van der Waals surface area contributed by atoms with Gasteiger partial charge in [0, 0.05) is 22.4 Å². The van der Waals surface area contributed by atoms with E-state index in [1.807, 2.05) is 62.5 Å². The molecule has 0 spiro atoms. The topological polar surface area (TPSA) is 40.8 Å². The van der Waals surface area contributed by atoms with Crippen LogP contribution in [0.2, 0.25) is 0 Å². The first-order valence-corrected chi connectivity index (χ1v) is 11.8. The second-order valence-electron chi connectivity index (χ2n) is 9.00. The average Bonchev–Trinajstić information content (AvgIpc) is 3.29. The molecule has 0 radical (unpaired) electrons. The summed E-state index contributed by atoms with van der Waals surface area (Å²) in [6.45, 7) is 2.01. The molecule has 0 bridgehead atoms. The predicted octanol–water partition coefficient (Wildman–Crippen LogP) is 7.73. The molecule has 4 aromatic carbocycles. The van der Waals surface area contributed by atoms with E-state index in [0.29, 0.717) is 16.7 Å². The van der Waals surface area contributed by atoms with Crippen molar-refractivity contribution in [3.05, 3.63) is 114 Å². The van der Waals surface area contributed by atoms with E-state index in [-0.39, 0.29) is 5.82 Å². The van der Waals surface area contributed by atoms with Crippen molar-refractivity contribution in [3.8, 4) is 39.6 Å². The van der Waals surface area contributed by atoms with Gasteiger partial charge in [-0.25, -0.2) is 4.39 Å². The first kappa shape index (κ1) is 21.8. The number of halogens is 1. The Morgan fingerprint density at radius 3 is 2.36 bits per heavy atom. The highest BCUT2D eigenvalue weighted by Crippen LogP contribution is 2.42. The number of pyridine rings is 1. The van der Waals surface area contributed by atoms with Gasteiger partial charge in [0.2, 0.25) is 11.9 Å². The average molecular weight is 470 g/mol. The van der Waals surface area contributed by atoms with Crippen LogP contribution in [0.3, 0.4) is 0 Å². The third-order valence-electron chi connectivity index (χ3n) is 6.75. The van der Waals surface area contributed by atoms with Crippen molar-refractivity contribution in [2.75, 3.05) is 0 Å². The quantitative estimate of drug-likeness (QED) is 0.249. The Morgan fingerprint density at radius 1 is 0.806 bits per heavy atom. The van der Waals surface area contributed by atoms with Crippen molar-refractivity contribution >= 4 is 21.9 Å². The lowest BCUT2D eigenvalue weighted by atomic mass is 9.95. The summed E-state index contributed by atoms with van der Waals surface area (Å²) in [5, 5.41) is 11.6. The smallest absolute Gasteiger partial charge is 0.216 e. The number of nitriles is 1. The summed E-state index contributed by atoms with van der Waals surface area (Å²) >= 11 is 0. The maximum absolute atomic E-state index is 13.9. The van der Waals surface area contributed by atoms with Crippen molar-refractivity contribution in [2.24, 2.45) is 7.05 Å². The van der Waals surface area contributed by atoms with Gasteiger partial charge in [-0.15, -0.1) is 0 Å². The fourth-order valence-electron chi connectivity index (χ4n) is 5.01. The summed E-state index contributed by atoms with van der Waals surface area (Å²) < 4.78 is 22.2. The SMILES string of the molecule is Cc1ccc2c(oc3c(-c4cccc(-c5ccccc5)c4)ccc(C#N)c32)c1-c1ccc(F)c[n+]1C. The molecule has 0 aliphatic rings. The second kappa shape index (κ2) is 8.48. The molecule has 172 valence electrons. The summed E-state index contributed by atoms with van der Waals surface area (Å²) in [4.78, 5) is 0. The molecular formula is C32H22FN2O+. The summed E-state index contributed by atoms with van der Waals surface area (Å²) in [5.74, 6) is -0.303. The Morgan fingerprint density at radius 2 is 1.58 bits per heavy atom. The fraction of sp³-hybridized carbons (Fsp3) is 0.0625. The number of fused-ring (bicyclic) bond motifs is 3. The molecule has 4 heteroatoms. The molecule has 36 heavy (non-hydrogen) atoms. The van der Waals surface area contributed by atoms with Crippen LogP contribution in [0.5, 0.6) is 0 Å². The van der Waals surface area contributed by atoms with Crippen molar-refractivity contribution < 1.29 is 13.4 Å². The monoisotopic (exact) mass is 469 g/mol. The highest BCUT2D eigenvalue weighted by atomic mass is 19.1. The third kappa shape index (κ3) is 3.45. The number of hydrogen-bond acceptors (Lipinski definition) is 2. The minimum Gasteiger partial charge on any atom is -0.454 e. The summed E-state index contributed by atoms with van der Waals surface area (Å²) in [5.41, 5.74) is 8.83. The van der Waals surface area contributed by atoms with Gasteiger partial charge in [0.15, 0.2) is 5.82 Å². The highest BCUT2D eigenvalue weighted by molar-refractivity contribution is 6.15. The van der Waals surface area contributed by atoms with Gasteiger partial charge in [0.1, 0.15) is 18.2 Å². The first-order valence-electron chi connectivity index (χ1n) is 11.8. The molecule has 6 rings (SSSR count). The third-order valence-corrected chi connectivity index (χ3v) is 6.75. The Balaban J connectivity index is 1.66. The van der Waals surface area contributed by atoms with Crippen LogP contribution in [0.4, 0.5) is 4.39 Å². The molecule has 0 aliphatic carbocycles. The largest absolute Gasteiger partial charge is 0.454 e. The molecule has 0 aliphatic heterocycles. The number of benzene rings is 4. The van der Waals surface area contributed by atoms with E-state index in [1.165, 1.54) is 12.3 Å². The fourth-order valence-corrected chi connectivity index (χ4v) is 5.01. The Bertz CT molecular complexity index is 1830. The van der Waals surface area contributed by atoms with Crippen LogP contribution < -0.4 is 4.57 Å². The minimum atomic E-state index is -0.303. The van der Waals surface area contributed by atoms with Gasteiger partial charge in [0.05, 0.1) is 17.2 Å². The zero-order chi connectivity index (χ0) is 24.8. The predicted molar refractivity (Wildman–Crippen MR) is 141 cm³/mol. The van der Waals surface area contributed by atoms with Gasteiger partial charge in [-0.2, -0.15) is 9.83 Å². The standard InChI is InChI=1S/C32H22FN2O/c1-20-11-14-27-30-24(18-34)12-15-26(23-10-6-9-22(17-23)21-7-4-3-5-8-21)31(30)36-32(27)29(20)28-16-13-25(33)19-35(28)2/h3-17,19H,1-2H3/q+1. The highest BCUT2D eigenvalue weighted by Gasteiger charge is 2.23. The Kier molecular flexibility index (Phi) is 5.13. The van der Waals surface area contributed by atoms with Gasteiger partial charge in [-0.1, -0.05) is 60.7 Å². The van der Waals surface area contributed by atoms with Gasteiger partial charge in [0.25, 0.3) is 0 Å². The number of hydrogen-bond donors (Lipinski definition) is 0. The zero-order valence-corrected chi connectivity index (χ0v) is 19.9. The van der Waals surface area contributed by atoms with Crippen LogP contribution in [0.1, 0.15) is 11.1 Å². The molecule has 0 saturated carbocycles. The van der Waals surface area contributed by atoms with Gasteiger partial charge < -0.3 is 4.42 Å². The van der Waals surface area contributed by atoms with E-state index >= 15 is 0 Å². The van der Waals surface area contributed by atoms with Crippen LogP contribution in [0.25, 0.3) is 55.4 Å². The first-order chi connectivity index (χ1) is 17.5. The maximum Gasteiger partial charge on any atom is 0.216 e.